The van der Waals surface area contributed by atoms with Crippen LogP contribution in [0.1, 0.15) is 25.7 Å². The van der Waals surface area contributed by atoms with Gasteiger partial charge in [-0.1, -0.05) is 6.42 Å². The molecule has 0 rings (SSSR count). The van der Waals surface area contributed by atoms with E-state index in [0.29, 0.717) is 25.5 Å². The lowest BCUT2D eigenvalue weighted by Crippen LogP contribution is -2.20. The molecule has 0 aromatic heterocycles. The summed E-state index contributed by atoms with van der Waals surface area (Å²) < 4.78 is 0. The van der Waals surface area contributed by atoms with Gasteiger partial charge in [-0.15, -0.1) is 0 Å². The molecule has 0 amide bonds. The predicted octanol–water partition coefficient (Wildman–Crippen LogP) is 0.158. The van der Waals surface area contributed by atoms with Gasteiger partial charge in [0.15, 0.2) is 0 Å². The number of carbonyl (C=O) groups excluding carboxylic acids is 1. The third kappa shape index (κ3) is 6.99. The van der Waals surface area contributed by atoms with Gasteiger partial charge in [0, 0.05) is 6.42 Å². The Morgan fingerprint density at radius 2 is 2.18 bits per heavy atom. The van der Waals surface area contributed by atoms with Crippen molar-refractivity contribution >= 4 is 12.3 Å². The molecule has 0 saturated carbocycles. The van der Waals surface area contributed by atoms with Gasteiger partial charge >= 0.3 is 5.97 Å². The number of hydrogen-bond donors (Lipinski definition) is 2. The van der Waals surface area contributed by atoms with Crippen molar-refractivity contribution in [3.05, 3.63) is 0 Å². The molecule has 1 atom stereocenters. The SMILES string of the molecule is NC(C=O)CCCCC(=O)O. The number of aldehydes is 1. The Balaban J connectivity index is 3.14. The quantitative estimate of drug-likeness (QED) is 0.427. The standard InChI is InChI=1S/C7H13NO3/c8-6(5-9)3-1-2-4-7(10)11/h5-6H,1-4,8H2,(H,10,11). The summed E-state index contributed by atoms with van der Waals surface area (Å²) in [7, 11) is 0. The maximum atomic E-state index is 10.0. The lowest BCUT2D eigenvalue weighted by Gasteiger charge is -2.00. The minimum Gasteiger partial charge on any atom is -0.481 e. The van der Waals surface area contributed by atoms with Crippen LogP contribution in [0, 0.1) is 0 Å². The van der Waals surface area contributed by atoms with Crippen LogP contribution in [-0.4, -0.2) is 23.4 Å². The van der Waals surface area contributed by atoms with Gasteiger partial charge in [0.1, 0.15) is 6.29 Å². The summed E-state index contributed by atoms with van der Waals surface area (Å²) in [5.74, 6) is -0.801. The number of carbonyl (C=O) groups is 2. The number of hydrogen-bond acceptors (Lipinski definition) is 3. The monoisotopic (exact) mass is 159 g/mol. The van der Waals surface area contributed by atoms with Crippen LogP contribution in [0.25, 0.3) is 0 Å². The molecule has 1 unspecified atom stereocenters. The van der Waals surface area contributed by atoms with Crippen molar-refractivity contribution in [1.29, 1.82) is 0 Å². The molecule has 0 aromatic carbocycles. The fraction of sp³-hybridized carbons (Fsp3) is 0.714. The Morgan fingerprint density at radius 1 is 1.55 bits per heavy atom. The summed E-state index contributed by atoms with van der Waals surface area (Å²) in [5.41, 5.74) is 5.27. The summed E-state index contributed by atoms with van der Waals surface area (Å²) in [5, 5.41) is 8.24. The highest BCUT2D eigenvalue weighted by Crippen LogP contribution is 2.00. The van der Waals surface area contributed by atoms with E-state index in [2.05, 4.69) is 0 Å². The summed E-state index contributed by atoms with van der Waals surface area (Å²) in [6.07, 6.45) is 2.71. The van der Waals surface area contributed by atoms with Crippen LogP contribution in [-0.2, 0) is 9.59 Å². The second kappa shape index (κ2) is 5.85. The van der Waals surface area contributed by atoms with Crippen molar-refractivity contribution in [2.75, 3.05) is 0 Å². The Hall–Kier alpha value is -0.900. The van der Waals surface area contributed by atoms with Gasteiger partial charge < -0.3 is 15.6 Å². The molecule has 0 radical (unpaired) electrons. The molecule has 4 heteroatoms. The minimum atomic E-state index is -0.801. The van der Waals surface area contributed by atoms with E-state index in [1.165, 1.54) is 0 Å². The topological polar surface area (TPSA) is 80.4 Å². The molecule has 0 aliphatic rings. The summed E-state index contributed by atoms with van der Waals surface area (Å²) in [6, 6.07) is -0.427. The van der Waals surface area contributed by atoms with E-state index >= 15 is 0 Å². The maximum absolute atomic E-state index is 10.0. The Labute approximate surface area is 65.4 Å². The first-order chi connectivity index (χ1) is 5.16. The zero-order chi connectivity index (χ0) is 8.69. The number of unbranched alkanes of at least 4 members (excludes halogenated alkanes) is 1. The fourth-order valence-corrected chi connectivity index (χ4v) is 0.724. The normalized spacial score (nSPS) is 12.5. The van der Waals surface area contributed by atoms with Gasteiger partial charge in [0.05, 0.1) is 6.04 Å². The first kappa shape index (κ1) is 10.1. The predicted molar refractivity (Wildman–Crippen MR) is 40.1 cm³/mol. The van der Waals surface area contributed by atoms with Crippen molar-refractivity contribution in [3.8, 4) is 0 Å². The molecular weight excluding hydrogens is 146 g/mol. The number of aliphatic carboxylic acids is 1. The van der Waals surface area contributed by atoms with E-state index in [4.69, 9.17) is 10.8 Å². The first-order valence-corrected chi connectivity index (χ1v) is 3.59. The highest BCUT2D eigenvalue weighted by Gasteiger charge is 2.00. The van der Waals surface area contributed by atoms with Gasteiger partial charge in [-0.3, -0.25) is 4.79 Å². The van der Waals surface area contributed by atoms with Crippen molar-refractivity contribution in [2.45, 2.75) is 31.7 Å². The molecule has 0 fully saturated rings. The highest BCUT2D eigenvalue weighted by molar-refractivity contribution is 5.66. The lowest BCUT2D eigenvalue weighted by atomic mass is 10.1. The number of nitrogens with two attached hydrogens (primary N) is 1. The number of carboxylic acids is 1. The minimum absolute atomic E-state index is 0.158. The molecule has 0 spiro atoms. The van der Waals surface area contributed by atoms with Crippen molar-refractivity contribution in [2.24, 2.45) is 5.73 Å². The molecule has 0 aliphatic carbocycles. The van der Waals surface area contributed by atoms with Crippen molar-refractivity contribution in [3.63, 3.8) is 0 Å². The van der Waals surface area contributed by atoms with Crippen molar-refractivity contribution in [1.82, 2.24) is 0 Å². The highest BCUT2D eigenvalue weighted by atomic mass is 16.4. The zero-order valence-electron chi connectivity index (χ0n) is 6.32. The van der Waals surface area contributed by atoms with Crippen LogP contribution in [0.4, 0.5) is 0 Å². The fourth-order valence-electron chi connectivity index (χ4n) is 0.724. The van der Waals surface area contributed by atoms with E-state index < -0.39 is 12.0 Å². The van der Waals surface area contributed by atoms with Crippen LogP contribution in [0.5, 0.6) is 0 Å². The molecule has 0 bridgehead atoms. The lowest BCUT2D eigenvalue weighted by molar-refractivity contribution is -0.137. The average molecular weight is 159 g/mol. The Bertz CT molecular complexity index is 136. The van der Waals surface area contributed by atoms with Crippen LogP contribution in [0.15, 0.2) is 0 Å². The molecule has 11 heavy (non-hydrogen) atoms. The van der Waals surface area contributed by atoms with Gasteiger partial charge in [-0.25, -0.2) is 0 Å². The van der Waals surface area contributed by atoms with Gasteiger partial charge in [0.2, 0.25) is 0 Å². The molecule has 0 heterocycles. The molecule has 4 nitrogen and oxygen atoms in total. The van der Waals surface area contributed by atoms with Crippen LogP contribution >= 0.6 is 0 Å². The van der Waals surface area contributed by atoms with E-state index in [1.54, 1.807) is 0 Å². The molecule has 3 N–H and O–H groups in total. The number of carboxylic acid groups (broad SMARTS) is 1. The van der Waals surface area contributed by atoms with Crippen molar-refractivity contribution < 1.29 is 14.7 Å². The van der Waals surface area contributed by atoms with Crippen LogP contribution < -0.4 is 5.73 Å². The molecule has 0 aromatic rings. The van der Waals surface area contributed by atoms with Gasteiger partial charge in [-0.05, 0) is 12.8 Å². The zero-order valence-corrected chi connectivity index (χ0v) is 6.32. The van der Waals surface area contributed by atoms with E-state index in [9.17, 15) is 9.59 Å². The second-order valence-electron chi connectivity index (χ2n) is 2.44. The Kier molecular flexibility index (Phi) is 5.37. The van der Waals surface area contributed by atoms with E-state index in [1.807, 2.05) is 0 Å². The summed E-state index contributed by atoms with van der Waals surface area (Å²) in [4.78, 5) is 20.0. The van der Waals surface area contributed by atoms with Crippen LogP contribution in [0.3, 0.4) is 0 Å². The first-order valence-electron chi connectivity index (χ1n) is 3.59. The second-order valence-corrected chi connectivity index (χ2v) is 2.44. The summed E-state index contributed by atoms with van der Waals surface area (Å²) >= 11 is 0. The maximum Gasteiger partial charge on any atom is 0.303 e. The van der Waals surface area contributed by atoms with E-state index in [0.717, 1.165) is 0 Å². The average Bonchev–Trinajstić information content (AvgIpc) is 1.97. The third-order valence-electron chi connectivity index (χ3n) is 1.35. The number of rotatable bonds is 6. The van der Waals surface area contributed by atoms with E-state index in [-0.39, 0.29) is 6.42 Å². The molecule has 0 saturated heterocycles. The smallest absolute Gasteiger partial charge is 0.303 e. The summed E-state index contributed by atoms with van der Waals surface area (Å²) in [6.45, 7) is 0. The molecular formula is C7H13NO3. The molecule has 64 valence electrons. The van der Waals surface area contributed by atoms with Gasteiger partial charge in [-0.2, -0.15) is 0 Å². The third-order valence-corrected chi connectivity index (χ3v) is 1.35. The molecule has 0 aliphatic heterocycles. The Morgan fingerprint density at radius 3 is 2.64 bits per heavy atom. The largest absolute Gasteiger partial charge is 0.481 e. The van der Waals surface area contributed by atoms with Crippen LogP contribution in [0.2, 0.25) is 0 Å². The van der Waals surface area contributed by atoms with Gasteiger partial charge in [0.25, 0.3) is 0 Å².